The van der Waals surface area contributed by atoms with Crippen molar-refractivity contribution in [2.75, 3.05) is 40.3 Å². The van der Waals surface area contributed by atoms with Crippen LogP contribution in [-0.2, 0) is 0 Å². The Labute approximate surface area is 297 Å². The number of piperidine rings is 1. The van der Waals surface area contributed by atoms with Gasteiger partial charge in [-0.05, 0) is 88.0 Å². The molecule has 0 bridgehead atoms. The molecular weight excluding hydrogens is 544 g/mol. The Morgan fingerprint density at radius 2 is 0.756 bits per heavy atom. The maximum atomic E-state index is 2.40. The van der Waals surface area contributed by atoms with E-state index in [-0.39, 0.29) is 52.0 Å². The molecule has 2 aliphatic heterocycles. The Balaban J connectivity index is -0.0000000402. The van der Waals surface area contributed by atoms with Gasteiger partial charge >= 0.3 is 0 Å². The normalized spacial score (nSPS) is 20.4. The summed E-state index contributed by atoms with van der Waals surface area (Å²) < 4.78 is 0. The Bertz CT molecular complexity index is 387. The molecule has 3 aliphatic rings. The van der Waals surface area contributed by atoms with Gasteiger partial charge in [-0.25, -0.2) is 0 Å². The van der Waals surface area contributed by atoms with Gasteiger partial charge in [0.1, 0.15) is 0 Å². The van der Waals surface area contributed by atoms with Crippen LogP contribution in [0.3, 0.4) is 0 Å². The van der Waals surface area contributed by atoms with Gasteiger partial charge in [0.2, 0.25) is 0 Å². The highest BCUT2D eigenvalue weighted by Crippen LogP contribution is 2.27. The molecule has 1 unspecified atom stereocenters. The van der Waals surface area contributed by atoms with Crippen LogP contribution >= 0.6 is 0 Å². The van der Waals surface area contributed by atoms with Gasteiger partial charge in [-0.1, -0.05) is 193 Å². The molecule has 0 radical (unpaired) electrons. The molecule has 0 amide bonds. The van der Waals surface area contributed by atoms with Gasteiger partial charge in [-0.2, -0.15) is 0 Å². The minimum Gasteiger partial charge on any atom is -0.306 e. The van der Waals surface area contributed by atoms with Crippen molar-refractivity contribution in [1.29, 1.82) is 0 Å². The van der Waals surface area contributed by atoms with Crippen LogP contribution < -0.4 is 0 Å². The topological polar surface area (TPSA) is 6.48 Å². The molecule has 2 heterocycles. The van der Waals surface area contributed by atoms with Crippen molar-refractivity contribution in [1.82, 2.24) is 9.80 Å². The van der Waals surface area contributed by atoms with Gasteiger partial charge in [-0.15, -0.1) is 0 Å². The summed E-state index contributed by atoms with van der Waals surface area (Å²) in [5.74, 6) is 4.85. The molecule has 0 aromatic rings. The highest BCUT2D eigenvalue weighted by atomic mass is 15.1. The molecule has 2 saturated heterocycles. The summed E-state index contributed by atoms with van der Waals surface area (Å²) >= 11 is 0. The molecule has 3 rings (SSSR count). The fourth-order valence-corrected chi connectivity index (χ4v) is 3.72. The van der Waals surface area contributed by atoms with Gasteiger partial charge in [0.15, 0.2) is 0 Å². The van der Waals surface area contributed by atoms with Crippen LogP contribution in [-0.4, -0.2) is 50.1 Å². The molecule has 2 nitrogen and oxygen atoms in total. The summed E-state index contributed by atoms with van der Waals surface area (Å²) in [6.07, 6.45) is 15.3. The number of unbranched alkanes of at least 4 members (excludes halogenated alkanes) is 1. The summed E-state index contributed by atoms with van der Waals surface area (Å²) in [4.78, 5) is 4.78. The third-order valence-electron chi connectivity index (χ3n) is 8.32. The van der Waals surface area contributed by atoms with Gasteiger partial charge in [-0.3, -0.25) is 0 Å². The van der Waals surface area contributed by atoms with E-state index in [0.29, 0.717) is 5.41 Å². The van der Waals surface area contributed by atoms with Gasteiger partial charge < -0.3 is 9.80 Å². The second-order valence-corrected chi connectivity index (χ2v) is 14.7. The van der Waals surface area contributed by atoms with Crippen LogP contribution in [0.25, 0.3) is 0 Å². The largest absolute Gasteiger partial charge is 0.306 e. The molecule has 1 atom stereocenters. The molecule has 1 saturated carbocycles. The lowest BCUT2D eigenvalue weighted by Gasteiger charge is -2.26. The fraction of sp³-hybridized carbons (Fsp3) is 1.00. The van der Waals surface area contributed by atoms with E-state index in [1.54, 1.807) is 0 Å². The Morgan fingerprint density at radius 3 is 0.889 bits per heavy atom. The van der Waals surface area contributed by atoms with E-state index in [0.717, 1.165) is 29.6 Å². The summed E-state index contributed by atoms with van der Waals surface area (Å²) in [6, 6.07) is 0. The lowest BCUT2D eigenvalue weighted by molar-refractivity contribution is 0.230. The predicted molar refractivity (Wildman–Crippen MR) is 227 cm³/mol. The van der Waals surface area contributed by atoms with Crippen LogP contribution in [0, 0.1) is 35.0 Å². The van der Waals surface area contributed by atoms with E-state index in [2.05, 4.69) is 114 Å². The molecular formula is C43H108N2. The zero-order valence-electron chi connectivity index (χ0n) is 29.9. The molecule has 0 N–H and O–H groups in total. The maximum Gasteiger partial charge on any atom is 0.000445 e. The molecule has 2 heteroatoms. The zero-order valence-corrected chi connectivity index (χ0v) is 29.9. The van der Waals surface area contributed by atoms with E-state index < -0.39 is 0 Å². The first-order valence-corrected chi connectivity index (χ1v) is 17.0. The molecule has 0 spiro atoms. The first-order valence-electron chi connectivity index (χ1n) is 17.0. The average molecular weight is 653 g/mol. The Kier molecular flexibility index (Phi) is 72.7. The molecule has 45 heavy (non-hydrogen) atoms. The minimum atomic E-state index is 0. The number of hydrogen-bond acceptors (Lipinski definition) is 2. The van der Waals surface area contributed by atoms with Gasteiger partial charge in [0, 0.05) is 6.54 Å². The quantitative estimate of drug-likeness (QED) is 0.293. The van der Waals surface area contributed by atoms with Crippen molar-refractivity contribution in [2.45, 2.75) is 213 Å². The van der Waals surface area contributed by atoms with Crippen molar-refractivity contribution >= 4 is 0 Å². The lowest BCUT2D eigenvalue weighted by Crippen LogP contribution is -2.28. The molecule has 0 aromatic heterocycles. The predicted octanol–water partition coefficient (Wildman–Crippen LogP) is 15.9. The third kappa shape index (κ3) is 63.3. The van der Waals surface area contributed by atoms with E-state index in [1.807, 2.05) is 0 Å². The minimum absolute atomic E-state index is 0. The number of hydrogen-bond donors (Lipinski definition) is 0. The SMILES string of the molecule is C.C.C.C.C.C.C.CC1CCC(C)CC1.CC1CCN(C)C1.CC1CCN(C)CC1.CCC(C)(C)C.CCC(C)C.CCCC. The number of likely N-dealkylation sites (tertiary alicyclic amines) is 2. The van der Waals surface area contributed by atoms with E-state index >= 15 is 0 Å². The molecule has 0 aromatic carbocycles. The Morgan fingerprint density at radius 1 is 0.511 bits per heavy atom. The Hall–Kier alpha value is -0.0800. The van der Waals surface area contributed by atoms with Crippen LogP contribution in [0.1, 0.15) is 213 Å². The number of rotatable bonds is 2. The third-order valence-corrected chi connectivity index (χ3v) is 8.32. The average Bonchev–Trinajstić information content (AvgIpc) is 3.26. The fourth-order valence-electron chi connectivity index (χ4n) is 3.72. The summed E-state index contributed by atoms with van der Waals surface area (Å²) in [5.41, 5.74) is 0.542. The standard InChI is InChI=1S/C8H16.C7H15N.C6H13N.C6H14.C5H12.C4H10.7CH4/c2*1-7-3-5-8(2)6-4-7;1-6-3-4-7(2)5-6;1-5-6(2,3)4;1-4-5(2)3;1-3-4-2;;;;;;;/h7-8H,3-6H2,1-2H3;7H,3-6H2,1-2H3;6H,3-5H2,1-2H3;5H2,1-4H3;5H,4H2,1-3H3;3-4H2,1-2H3;7*1H4. The van der Waals surface area contributed by atoms with Gasteiger partial charge in [0.25, 0.3) is 0 Å². The van der Waals surface area contributed by atoms with E-state index in [4.69, 9.17) is 0 Å². The van der Waals surface area contributed by atoms with Crippen molar-refractivity contribution < 1.29 is 0 Å². The summed E-state index contributed by atoms with van der Waals surface area (Å²) in [7, 11) is 4.38. The first-order chi connectivity index (χ1) is 17.6. The molecule has 3 fully saturated rings. The number of nitrogens with zero attached hydrogens (tertiary/aromatic N) is 2. The van der Waals surface area contributed by atoms with Crippen LogP contribution in [0.5, 0.6) is 0 Å². The van der Waals surface area contributed by atoms with Crippen molar-refractivity contribution in [3.05, 3.63) is 0 Å². The first kappa shape index (κ1) is 71.1. The highest BCUT2D eigenvalue weighted by Gasteiger charge is 2.14. The smallest absolute Gasteiger partial charge is 0.000445 e. The monoisotopic (exact) mass is 653 g/mol. The van der Waals surface area contributed by atoms with E-state index in [1.165, 1.54) is 96.8 Å². The van der Waals surface area contributed by atoms with Crippen molar-refractivity contribution in [2.24, 2.45) is 35.0 Å². The van der Waals surface area contributed by atoms with Crippen LogP contribution in [0.2, 0.25) is 0 Å². The molecule has 290 valence electrons. The second kappa shape index (κ2) is 46.0. The zero-order chi connectivity index (χ0) is 30.1. The van der Waals surface area contributed by atoms with Crippen molar-refractivity contribution in [3.8, 4) is 0 Å². The summed E-state index contributed by atoms with van der Waals surface area (Å²) in [5, 5.41) is 0. The van der Waals surface area contributed by atoms with Gasteiger partial charge in [0.05, 0.1) is 0 Å². The maximum absolute atomic E-state index is 2.40. The lowest BCUT2D eigenvalue weighted by atomic mass is 9.84. The van der Waals surface area contributed by atoms with E-state index in [9.17, 15) is 0 Å². The van der Waals surface area contributed by atoms with Crippen LogP contribution in [0.4, 0.5) is 0 Å². The summed E-state index contributed by atoms with van der Waals surface area (Å²) in [6.45, 7) is 34.6. The molecule has 1 aliphatic carbocycles. The van der Waals surface area contributed by atoms with Crippen LogP contribution in [0.15, 0.2) is 0 Å². The van der Waals surface area contributed by atoms with Crippen molar-refractivity contribution in [3.63, 3.8) is 0 Å². The highest BCUT2D eigenvalue weighted by molar-refractivity contribution is 4.68. The second-order valence-electron chi connectivity index (χ2n) is 14.7.